The molecule has 0 aromatic heterocycles. The zero-order valence-corrected chi connectivity index (χ0v) is 12.8. The molecular formula is C14H25NO4S. The first kappa shape index (κ1) is 15.8. The fourth-order valence-corrected chi connectivity index (χ4v) is 4.73. The Morgan fingerprint density at radius 1 is 1.00 bits per heavy atom. The molecule has 1 saturated heterocycles. The van der Waals surface area contributed by atoms with Gasteiger partial charge in [-0.05, 0) is 25.8 Å². The summed E-state index contributed by atoms with van der Waals surface area (Å²) in [7, 11) is -2.93. The summed E-state index contributed by atoms with van der Waals surface area (Å²) in [6.45, 7) is 1.70. The van der Waals surface area contributed by atoms with Crippen molar-refractivity contribution >= 4 is 15.8 Å². The number of hydrogen-bond acceptors (Lipinski definition) is 4. The van der Waals surface area contributed by atoms with Crippen molar-refractivity contribution in [2.75, 3.05) is 31.1 Å². The minimum atomic E-state index is -2.93. The van der Waals surface area contributed by atoms with Gasteiger partial charge in [-0.15, -0.1) is 0 Å². The molecule has 6 heteroatoms. The number of aliphatic carboxylic acids is 1. The Labute approximate surface area is 121 Å². The molecule has 2 rings (SSSR count). The highest BCUT2D eigenvalue weighted by Gasteiger charge is 2.40. The molecule has 0 atom stereocenters. The molecule has 0 radical (unpaired) electrons. The lowest BCUT2D eigenvalue weighted by molar-refractivity contribution is -0.151. The standard InChI is InChI=1S/C14H25NO4S/c16-13(17)14(6-3-1-2-4-7-14)12-15-8-5-10-20(18,19)11-9-15/h1-12H2,(H,16,17). The van der Waals surface area contributed by atoms with E-state index >= 15 is 0 Å². The summed E-state index contributed by atoms with van der Waals surface area (Å²) in [5.74, 6) is -0.293. The van der Waals surface area contributed by atoms with Crippen LogP contribution in [0.15, 0.2) is 0 Å². The summed E-state index contributed by atoms with van der Waals surface area (Å²) < 4.78 is 23.3. The van der Waals surface area contributed by atoms with E-state index < -0.39 is 21.2 Å². The predicted molar refractivity (Wildman–Crippen MR) is 77.5 cm³/mol. The molecule has 0 aromatic rings. The number of carboxylic acids is 1. The third-order valence-electron chi connectivity index (χ3n) is 4.69. The summed E-state index contributed by atoms with van der Waals surface area (Å²) in [4.78, 5) is 13.8. The lowest BCUT2D eigenvalue weighted by atomic mass is 9.80. The molecule has 116 valence electrons. The number of rotatable bonds is 3. The lowest BCUT2D eigenvalue weighted by Gasteiger charge is -2.33. The van der Waals surface area contributed by atoms with Crippen LogP contribution in [0.3, 0.4) is 0 Å². The molecule has 0 amide bonds. The molecule has 1 aliphatic carbocycles. The quantitative estimate of drug-likeness (QED) is 0.800. The Morgan fingerprint density at radius 2 is 1.65 bits per heavy atom. The second-order valence-electron chi connectivity index (χ2n) is 6.28. The third-order valence-corrected chi connectivity index (χ3v) is 6.40. The molecule has 0 bridgehead atoms. The van der Waals surface area contributed by atoms with Gasteiger partial charge in [-0.1, -0.05) is 25.7 Å². The maximum Gasteiger partial charge on any atom is 0.310 e. The van der Waals surface area contributed by atoms with Crippen LogP contribution >= 0.6 is 0 Å². The number of sulfone groups is 1. The van der Waals surface area contributed by atoms with Gasteiger partial charge in [0.05, 0.1) is 16.9 Å². The largest absolute Gasteiger partial charge is 0.481 e. The number of carboxylic acid groups (broad SMARTS) is 1. The topological polar surface area (TPSA) is 74.7 Å². The Hall–Kier alpha value is -0.620. The van der Waals surface area contributed by atoms with E-state index in [1.165, 1.54) is 0 Å². The van der Waals surface area contributed by atoms with Gasteiger partial charge in [-0.25, -0.2) is 8.42 Å². The van der Waals surface area contributed by atoms with Gasteiger partial charge in [0.2, 0.25) is 0 Å². The van der Waals surface area contributed by atoms with Crippen molar-refractivity contribution in [1.29, 1.82) is 0 Å². The normalized spacial score (nSPS) is 27.4. The molecule has 5 nitrogen and oxygen atoms in total. The van der Waals surface area contributed by atoms with Crippen LogP contribution in [0.25, 0.3) is 0 Å². The van der Waals surface area contributed by atoms with Crippen molar-refractivity contribution in [3.63, 3.8) is 0 Å². The van der Waals surface area contributed by atoms with E-state index in [2.05, 4.69) is 4.90 Å². The summed E-state index contributed by atoms with van der Waals surface area (Å²) >= 11 is 0. The Morgan fingerprint density at radius 3 is 2.25 bits per heavy atom. The van der Waals surface area contributed by atoms with Gasteiger partial charge in [0, 0.05) is 13.1 Å². The van der Waals surface area contributed by atoms with Crippen LogP contribution in [-0.4, -0.2) is 55.5 Å². The number of carbonyl (C=O) groups is 1. The zero-order chi connectivity index (χ0) is 14.6. The lowest BCUT2D eigenvalue weighted by Crippen LogP contribution is -2.44. The number of nitrogens with zero attached hydrogens (tertiary/aromatic N) is 1. The first-order chi connectivity index (χ1) is 9.44. The first-order valence-electron chi connectivity index (χ1n) is 7.60. The fourth-order valence-electron chi connectivity index (χ4n) is 3.42. The van der Waals surface area contributed by atoms with Crippen molar-refractivity contribution in [2.45, 2.75) is 44.9 Å². The SMILES string of the molecule is O=C(O)C1(CN2CCCS(=O)(=O)CC2)CCCCCC1. The first-order valence-corrected chi connectivity index (χ1v) is 9.42. The second-order valence-corrected chi connectivity index (χ2v) is 8.58. The van der Waals surface area contributed by atoms with Crippen LogP contribution in [0.5, 0.6) is 0 Å². The highest BCUT2D eigenvalue weighted by atomic mass is 32.2. The van der Waals surface area contributed by atoms with Gasteiger partial charge in [-0.2, -0.15) is 0 Å². The molecule has 1 saturated carbocycles. The molecule has 0 unspecified atom stereocenters. The maximum absolute atomic E-state index is 11.8. The van der Waals surface area contributed by atoms with E-state index in [-0.39, 0.29) is 11.5 Å². The average molecular weight is 303 g/mol. The highest BCUT2D eigenvalue weighted by molar-refractivity contribution is 7.91. The molecule has 1 N–H and O–H groups in total. The molecule has 2 aliphatic rings. The minimum absolute atomic E-state index is 0.169. The van der Waals surface area contributed by atoms with Crippen molar-refractivity contribution in [3.05, 3.63) is 0 Å². The van der Waals surface area contributed by atoms with E-state index in [9.17, 15) is 18.3 Å². The highest BCUT2D eigenvalue weighted by Crippen LogP contribution is 2.36. The van der Waals surface area contributed by atoms with Crippen LogP contribution in [0.4, 0.5) is 0 Å². The van der Waals surface area contributed by atoms with Crippen LogP contribution in [0.1, 0.15) is 44.9 Å². The molecule has 20 heavy (non-hydrogen) atoms. The van der Waals surface area contributed by atoms with Crippen molar-refractivity contribution < 1.29 is 18.3 Å². The van der Waals surface area contributed by atoms with Crippen LogP contribution in [-0.2, 0) is 14.6 Å². The molecule has 1 heterocycles. The van der Waals surface area contributed by atoms with E-state index in [1.54, 1.807) is 0 Å². The molecule has 0 spiro atoms. The van der Waals surface area contributed by atoms with Gasteiger partial charge >= 0.3 is 5.97 Å². The van der Waals surface area contributed by atoms with E-state index in [1.807, 2.05) is 0 Å². The summed E-state index contributed by atoms with van der Waals surface area (Å²) in [5.41, 5.74) is -0.662. The van der Waals surface area contributed by atoms with Gasteiger partial charge in [0.1, 0.15) is 0 Å². The average Bonchev–Trinajstić information content (AvgIpc) is 2.70. The number of hydrogen-bond donors (Lipinski definition) is 1. The summed E-state index contributed by atoms with van der Waals surface area (Å²) in [6, 6.07) is 0. The monoisotopic (exact) mass is 303 g/mol. The third kappa shape index (κ3) is 3.95. The van der Waals surface area contributed by atoms with Crippen molar-refractivity contribution in [1.82, 2.24) is 4.90 Å². The van der Waals surface area contributed by atoms with Gasteiger partial charge in [0.25, 0.3) is 0 Å². The summed E-state index contributed by atoms with van der Waals surface area (Å²) in [5, 5.41) is 9.67. The Bertz CT molecular complexity index is 438. The van der Waals surface area contributed by atoms with Crippen molar-refractivity contribution in [2.24, 2.45) is 5.41 Å². The molecular weight excluding hydrogens is 278 g/mol. The minimum Gasteiger partial charge on any atom is -0.481 e. The Balaban J connectivity index is 2.06. The molecule has 1 aliphatic heterocycles. The van der Waals surface area contributed by atoms with E-state index in [0.717, 1.165) is 38.5 Å². The van der Waals surface area contributed by atoms with E-state index in [4.69, 9.17) is 0 Å². The molecule has 2 fully saturated rings. The summed E-state index contributed by atoms with van der Waals surface area (Å²) in [6.07, 6.45) is 6.25. The van der Waals surface area contributed by atoms with Crippen LogP contribution in [0.2, 0.25) is 0 Å². The van der Waals surface area contributed by atoms with Crippen LogP contribution in [0, 0.1) is 5.41 Å². The predicted octanol–water partition coefficient (Wildman–Crippen LogP) is 1.53. The zero-order valence-electron chi connectivity index (χ0n) is 12.0. The van der Waals surface area contributed by atoms with Crippen LogP contribution < -0.4 is 0 Å². The van der Waals surface area contributed by atoms with Crippen molar-refractivity contribution in [3.8, 4) is 0 Å². The Kier molecular flexibility index (Phi) is 5.07. The van der Waals surface area contributed by atoms with Gasteiger partial charge < -0.3 is 10.0 Å². The smallest absolute Gasteiger partial charge is 0.310 e. The van der Waals surface area contributed by atoms with E-state index in [0.29, 0.717) is 26.1 Å². The second kappa shape index (κ2) is 6.43. The molecule has 0 aromatic carbocycles. The van der Waals surface area contributed by atoms with Gasteiger partial charge in [0.15, 0.2) is 9.84 Å². The fraction of sp³-hybridized carbons (Fsp3) is 0.929. The van der Waals surface area contributed by atoms with Gasteiger partial charge in [-0.3, -0.25) is 4.79 Å². The maximum atomic E-state index is 11.8.